The summed E-state index contributed by atoms with van der Waals surface area (Å²) in [4.78, 5) is 11.5. The number of hydrogen-bond donors (Lipinski definition) is 2. The van der Waals surface area contributed by atoms with Gasteiger partial charge >= 0.3 is 0 Å². The van der Waals surface area contributed by atoms with Crippen LogP contribution in [0, 0.1) is 0 Å². The molecule has 0 saturated carbocycles. The van der Waals surface area contributed by atoms with Gasteiger partial charge in [-0.2, -0.15) is 0 Å². The third-order valence-electron chi connectivity index (χ3n) is 2.27. The molecule has 0 unspecified atom stereocenters. The Morgan fingerprint density at radius 2 is 2.14 bits per heavy atom. The second-order valence-corrected chi connectivity index (χ2v) is 3.33. The van der Waals surface area contributed by atoms with Crippen molar-refractivity contribution in [3.8, 4) is 5.75 Å². The van der Waals surface area contributed by atoms with Crippen molar-refractivity contribution in [2.24, 2.45) is 5.73 Å². The predicted octanol–water partition coefficient (Wildman–Crippen LogP) is 0.733. The summed E-state index contributed by atoms with van der Waals surface area (Å²) in [6, 6.07) is 6.67. The first kappa shape index (κ1) is 9.02. The van der Waals surface area contributed by atoms with Crippen LogP contribution in [0.5, 0.6) is 5.75 Å². The third kappa shape index (κ3) is 1.44. The van der Waals surface area contributed by atoms with E-state index < -0.39 is 6.04 Å². The van der Waals surface area contributed by atoms with E-state index in [0.29, 0.717) is 11.4 Å². The zero-order valence-electron chi connectivity index (χ0n) is 7.86. The first-order valence-corrected chi connectivity index (χ1v) is 4.50. The van der Waals surface area contributed by atoms with Gasteiger partial charge < -0.3 is 15.8 Å². The molecule has 0 radical (unpaired) electrons. The van der Waals surface area contributed by atoms with Crippen molar-refractivity contribution in [1.29, 1.82) is 0 Å². The van der Waals surface area contributed by atoms with E-state index in [1.165, 1.54) is 0 Å². The Hall–Kier alpha value is -1.55. The Balaban J connectivity index is 2.39. The highest BCUT2D eigenvalue weighted by Gasteiger charge is 2.27. The average Bonchev–Trinajstić information content (AvgIpc) is 2.28. The summed E-state index contributed by atoms with van der Waals surface area (Å²) in [7, 11) is 0. The first-order valence-electron chi connectivity index (χ1n) is 4.50. The minimum Gasteiger partial charge on any atom is -0.486 e. The van der Waals surface area contributed by atoms with Crippen molar-refractivity contribution in [2.45, 2.75) is 19.1 Å². The maximum Gasteiger partial charge on any atom is 0.245 e. The van der Waals surface area contributed by atoms with E-state index in [-0.39, 0.29) is 12.0 Å². The molecule has 1 aromatic rings. The van der Waals surface area contributed by atoms with Crippen molar-refractivity contribution in [3.05, 3.63) is 24.3 Å². The smallest absolute Gasteiger partial charge is 0.245 e. The van der Waals surface area contributed by atoms with Crippen molar-refractivity contribution < 1.29 is 9.53 Å². The quantitative estimate of drug-likeness (QED) is 0.637. The van der Waals surface area contributed by atoms with E-state index >= 15 is 0 Å². The maximum absolute atomic E-state index is 11.5. The number of para-hydroxylation sites is 2. The predicted molar refractivity (Wildman–Crippen MR) is 53.1 cm³/mol. The SMILES string of the molecule is C[C@@H]1Oc2ccccc2NC(=O)[C@@H]1N. The molecular formula is C10H12N2O2. The van der Waals surface area contributed by atoms with E-state index in [4.69, 9.17) is 10.5 Å². The van der Waals surface area contributed by atoms with Crippen molar-refractivity contribution in [2.75, 3.05) is 5.32 Å². The molecule has 4 heteroatoms. The number of anilines is 1. The molecule has 1 amide bonds. The topological polar surface area (TPSA) is 64.3 Å². The number of carbonyl (C=O) groups is 1. The highest BCUT2D eigenvalue weighted by Crippen LogP contribution is 2.27. The van der Waals surface area contributed by atoms with Crippen molar-refractivity contribution in [1.82, 2.24) is 0 Å². The van der Waals surface area contributed by atoms with E-state index in [1.807, 2.05) is 18.2 Å². The lowest BCUT2D eigenvalue weighted by atomic mass is 10.2. The average molecular weight is 192 g/mol. The summed E-state index contributed by atoms with van der Waals surface area (Å²) >= 11 is 0. The molecular weight excluding hydrogens is 180 g/mol. The lowest BCUT2D eigenvalue weighted by molar-refractivity contribution is -0.118. The van der Waals surface area contributed by atoms with Gasteiger partial charge in [0.2, 0.25) is 5.91 Å². The van der Waals surface area contributed by atoms with Gasteiger partial charge in [0.15, 0.2) is 0 Å². The van der Waals surface area contributed by atoms with Crippen LogP contribution in [0.1, 0.15) is 6.92 Å². The number of fused-ring (bicyclic) bond motifs is 1. The number of ether oxygens (including phenoxy) is 1. The largest absolute Gasteiger partial charge is 0.486 e. The van der Waals surface area contributed by atoms with Gasteiger partial charge in [0.05, 0.1) is 5.69 Å². The molecule has 0 fully saturated rings. The maximum atomic E-state index is 11.5. The molecule has 1 heterocycles. The summed E-state index contributed by atoms with van der Waals surface area (Å²) in [6.07, 6.45) is -0.307. The molecule has 14 heavy (non-hydrogen) atoms. The molecule has 2 atom stereocenters. The summed E-state index contributed by atoms with van der Waals surface area (Å²) in [6.45, 7) is 1.78. The number of amides is 1. The van der Waals surface area contributed by atoms with Gasteiger partial charge in [0.1, 0.15) is 17.9 Å². The van der Waals surface area contributed by atoms with Gasteiger partial charge in [-0.05, 0) is 19.1 Å². The summed E-state index contributed by atoms with van der Waals surface area (Å²) in [5, 5.41) is 2.71. The Labute approximate surface area is 82.1 Å². The zero-order valence-corrected chi connectivity index (χ0v) is 7.86. The van der Waals surface area contributed by atoms with Gasteiger partial charge in [-0.3, -0.25) is 4.79 Å². The molecule has 74 valence electrons. The van der Waals surface area contributed by atoms with Crippen molar-refractivity contribution in [3.63, 3.8) is 0 Å². The highest BCUT2D eigenvalue weighted by atomic mass is 16.5. The molecule has 0 bridgehead atoms. The normalized spacial score (nSPS) is 25.7. The van der Waals surface area contributed by atoms with Gasteiger partial charge in [-0.15, -0.1) is 0 Å². The molecule has 3 N–H and O–H groups in total. The van der Waals surface area contributed by atoms with Gasteiger partial charge in [0, 0.05) is 0 Å². The number of nitrogens with one attached hydrogen (secondary N) is 1. The fourth-order valence-electron chi connectivity index (χ4n) is 1.38. The number of rotatable bonds is 0. The van der Waals surface area contributed by atoms with Crippen LogP contribution in [0.4, 0.5) is 5.69 Å². The third-order valence-corrected chi connectivity index (χ3v) is 2.27. The fraction of sp³-hybridized carbons (Fsp3) is 0.300. The summed E-state index contributed by atoms with van der Waals surface area (Å²) in [5.74, 6) is 0.462. The van der Waals surface area contributed by atoms with Crippen LogP contribution in [0.15, 0.2) is 24.3 Å². The van der Waals surface area contributed by atoms with E-state index in [2.05, 4.69) is 5.32 Å². The lowest BCUT2D eigenvalue weighted by Crippen LogP contribution is -2.44. The van der Waals surface area contributed by atoms with Gasteiger partial charge in [-0.1, -0.05) is 12.1 Å². The Bertz CT molecular complexity index is 365. The van der Waals surface area contributed by atoms with Crippen LogP contribution in [-0.4, -0.2) is 18.1 Å². The second-order valence-electron chi connectivity index (χ2n) is 3.33. The Kier molecular flexibility index (Phi) is 2.13. The first-order chi connectivity index (χ1) is 6.68. The number of hydrogen-bond acceptors (Lipinski definition) is 3. The Morgan fingerprint density at radius 1 is 1.43 bits per heavy atom. The molecule has 1 aliphatic rings. The van der Waals surface area contributed by atoms with Gasteiger partial charge in [0.25, 0.3) is 0 Å². The molecule has 0 spiro atoms. The molecule has 0 aliphatic carbocycles. The van der Waals surface area contributed by atoms with Crippen LogP contribution < -0.4 is 15.8 Å². The molecule has 1 aliphatic heterocycles. The van der Waals surface area contributed by atoms with Crippen LogP contribution in [0.2, 0.25) is 0 Å². The number of benzene rings is 1. The number of carbonyl (C=O) groups excluding carboxylic acids is 1. The molecule has 0 aromatic heterocycles. The standard InChI is InChI=1S/C10H12N2O2/c1-6-9(11)10(13)12-7-4-2-3-5-8(7)14-6/h2-6,9H,11H2,1H3,(H,12,13)/t6-,9+/m0/s1. The Morgan fingerprint density at radius 3 is 2.93 bits per heavy atom. The van der Waals surface area contributed by atoms with Crippen LogP contribution in [0.25, 0.3) is 0 Å². The van der Waals surface area contributed by atoms with Crippen LogP contribution >= 0.6 is 0 Å². The molecule has 4 nitrogen and oxygen atoms in total. The van der Waals surface area contributed by atoms with Crippen molar-refractivity contribution >= 4 is 11.6 Å². The summed E-state index contributed by atoms with van der Waals surface area (Å²) in [5.41, 5.74) is 6.34. The zero-order chi connectivity index (χ0) is 10.1. The number of nitrogens with two attached hydrogens (primary N) is 1. The minimum absolute atomic E-state index is 0.206. The van der Waals surface area contributed by atoms with E-state index in [0.717, 1.165) is 0 Å². The second kappa shape index (κ2) is 3.31. The highest BCUT2D eigenvalue weighted by molar-refractivity contribution is 5.97. The fourth-order valence-corrected chi connectivity index (χ4v) is 1.38. The van der Waals surface area contributed by atoms with Gasteiger partial charge in [-0.25, -0.2) is 0 Å². The molecule has 0 saturated heterocycles. The van der Waals surface area contributed by atoms with Crippen LogP contribution in [-0.2, 0) is 4.79 Å². The van der Waals surface area contributed by atoms with Crippen LogP contribution in [0.3, 0.4) is 0 Å². The van der Waals surface area contributed by atoms with E-state index in [9.17, 15) is 4.79 Å². The lowest BCUT2D eigenvalue weighted by Gasteiger charge is -2.15. The molecule has 2 rings (SSSR count). The minimum atomic E-state index is -0.623. The van der Waals surface area contributed by atoms with E-state index in [1.54, 1.807) is 13.0 Å². The monoisotopic (exact) mass is 192 g/mol. The summed E-state index contributed by atoms with van der Waals surface area (Å²) < 4.78 is 5.53. The molecule has 1 aromatic carbocycles.